The molecule has 136 valence electrons. The molecule has 0 saturated heterocycles. The zero-order valence-corrected chi connectivity index (χ0v) is 14.7. The van der Waals surface area contributed by atoms with Crippen LogP contribution in [0.25, 0.3) is 0 Å². The van der Waals surface area contributed by atoms with E-state index in [4.69, 9.17) is 9.47 Å². The van der Waals surface area contributed by atoms with Crippen LogP contribution in [0, 0.1) is 0 Å². The fourth-order valence-corrected chi connectivity index (χ4v) is 2.98. The normalized spacial score (nSPS) is 15.5. The quantitative estimate of drug-likeness (QED) is 0.832. The van der Waals surface area contributed by atoms with Gasteiger partial charge in [-0.05, 0) is 25.5 Å². The van der Waals surface area contributed by atoms with Gasteiger partial charge in [0, 0.05) is 12.0 Å². The summed E-state index contributed by atoms with van der Waals surface area (Å²) in [4.78, 5) is 23.7. The van der Waals surface area contributed by atoms with Gasteiger partial charge >= 0.3 is 5.97 Å². The van der Waals surface area contributed by atoms with Gasteiger partial charge in [0.05, 0.1) is 0 Å². The molecule has 1 aliphatic heterocycles. The van der Waals surface area contributed by atoms with E-state index in [1.54, 1.807) is 36.4 Å². The van der Waals surface area contributed by atoms with Crippen LogP contribution in [0.3, 0.4) is 0 Å². The summed E-state index contributed by atoms with van der Waals surface area (Å²) in [6.07, 6.45) is 0.765. The van der Waals surface area contributed by atoms with Crippen LogP contribution in [0.4, 0.5) is 0 Å². The zero-order valence-electron chi connectivity index (χ0n) is 14.7. The number of aliphatic carboxylic acids is 1. The number of carbonyl (C=O) groups is 2. The maximum atomic E-state index is 12.2. The van der Waals surface area contributed by atoms with Crippen molar-refractivity contribution in [3.8, 4) is 11.5 Å². The first-order chi connectivity index (χ1) is 12.4. The Hall–Kier alpha value is -3.02. The summed E-state index contributed by atoms with van der Waals surface area (Å²) in [5, 5.41) is 11.9. The molecule has 0 bridgehead atoms. The monoisotopic (exact) mass is 355 g/mol. The second kappa shape index (κ2) is 7.07. The number of para-hydroxylation sites is 1. The van der Waals surface area contributed by atoms with Gasteiger partial charge in [-0.1, -0.05) is 42.5 Å². The van der Waals surface area contributed by atoms with E-state index >= 15 is 0 Å². The SMILES string of the molecule is CC1(C)Cc2cccc(OCC(=O)NC(C(=O)O)c3ccccc3)c2O1. The minimum absolute atomic E-state index is 0.295. The molecule has 26 heavy (non-hydrogen) atoms. The van der Waals surface area contributed by atoms with Crippen LogP contribution in [0.1, 0.15) is 31.0 Å². The van der Waals surface area contributed by atoms with Gasteiger partial charge in [-0.15, -0.1) is 0 Å². The number of carbonyl (C=O) groups excluding carboxylic acids is 1. The van der Waals surface area contributed by atoms with Crippen molar-refractivity contribution in [3.63, 3.8) is 0 Å². The predicted molar refractivity (Wildman–Crippen MR) is 95.3 cm³/mol. The summed E-state index contributed by atoms with van der Waals surface area (Å²) in [5.74, 6) is -0.524. The van der Waals surface area contributed by atoms with Gasteiger partial charge in [-0.2, -0.15) is 0 Å². The molecule has 6 heteroatoms. The highest BCUT2D eigenvalue weighted by Gasteiger charge is 2.32. The van der Waals surface area contributed by atoms with E-state index in [0.29, 0.717) is 17.1 Å². The standard InChI is InChI=1S/C20H21NO5/c1-20(2)11-14-9-6-10-15(18(14)26-20)25-12-16(22)21-17(19(23)24)13-7-4-3-5-8-13/h3-10,17H,11-12H2,1-2H3,(H,21,22)(H,23,24). The number of carboxylic acids is 1. The number of amides is 1. The summed E-state index contributed by atoms with van der Waals surface area (Å²) in [6.45, 7) is 3.68. The van der Waals surface area contributed by atoms with Crippen LogP contribution in [0.5, 0.6) is 11.5 Å². The molecule has 1 amide bonds. The lowest BCUT2D eigenvalue weighted by molar-refractivity contribution is -0.142. The van der Waals surface area contributed by atoms with Crippen molar-refractivity contribution >= 4 is 11.9 Å². The van der Waals surface area contributed by atoms with E-state index in [2.05, 4.69) is 5.32 Å². The van der Waals surface area contributed by atoms with Crippen LogP contribution in [0.2, 0.25) is 0 Å². The lowest BCUT2D eigenvalue weighted by atomic mass is 10.0. The number of fused-ring (bicyclic) bond motifs is 1. The number of hydrogen-bond donors (Lipinski definition) is 2. The molecule has 1 heterocycles. The molecule has 2 aromatic rings. The molecule has 3 rings (SSSR count). The van der Waals surface area contributed by atoms with Crippen molar-refractivity contribution in [1.82, 2.24) is 5.32 Å². The van der Waals surface area contributed by atoms with Crippen molar-refractivity contribution in [2.24, 2.45) is 0 Å². The van der Waals surface area contributed by atoms with Crippen LogP contribution in [-0.4, -0.2) is 29.2 Å². The average Bonchev–Trinajstić information content (AvgIpc) is 2.92. The Bertz CT molecular complexity index is 816. The second-order valence-electron chi connectivity index (χ2n) is 6.82. The minimum Gasteiger partial charge on any atom is -0.483 e. The predicted octanol–water partition coefficient (Wildman–Crippen LogP) is 2.72. The van der Waals surface area contributed by atoms with Gasteiger partial charge in [0.25, 0.3) is 5.91 Å². The van der Waals surface area contributed by atoms with Crippen molar-refractivity contribution in [2.75, 3.05) is 6.61 Å². The number of rotatable bonds is 6. The van der Waals surface area contributed by atoms with E-state index < -0.39 is 17.9 Å². The first-order valence-corrected chi connectivity index (χ1v) is 8.36. The molecular formula is C20H21NO5. The third-order valence-electron chi connectivity index (χ3n) is 4.10. The maximum absolute atomic E-state index is 12.2. The highest BCUT2D eigenvalue weighted by atomic mass is 16.5. The number of nitrogens with one attached hydrogen (secondary N) is 1. The summed E-state index contributed by atoms with van der Waals surface area (Å²) in [6, 6.07) is 13.0. The Kier molecular flexibility index (Phi) is 4.84. The van der Waals surface area contributed by atoms with Gasteiger partial charge in [-0.25, -0.2) is 4.79 Å². The highest BCUT2D eigenvalue weighted by Crippen LogP contribution is 2.41. The topological polar surface area (TPSA) is 84.9 Å². The lowest BCUT2D eigenvalue weighted by Gasteiger charge is -2.18. The summed E-state index contributed by atoms with van der Waals surface area (Å²) >= 11 is 0. The van der Waals surface area contributed by atoms with E-state index in [9.17, 15) is 14.7 Å². The highest BCUT2D eigenvalue weighted by molar-refractivity contribution is 5.85. The molecule has 0 saturated carbocycles. The summed E-state index contributed by atoms with van der Waals surface area (Å²) in [5.41, 5.74) is 1.21. The largest absolute Gasteiger partial charge is 0.483 e. The number of hydrogen-bond acceptors (Lipinski definition) is 4. The van der Waals surface area contributed by atoms with Crippen LogP contribution < -0.4 is 14.8 Å². The Morgan fingerprint density at radius 1 is 1.19 bits per heavy atom. The first kappa shape index (κ1) is 17.8. The second-order valence-corrected chi connectivity index (χ2v) is 6.82. The van der Waals surface area contributed by atoms with E-state index in [1.807, 2.05) is 26.0 Å². The van der Waals surface area contributed by atoms with Gasteiger partial charge in [0.15, 0.2) is 24.1 Å². The zero-order chi connectivity index (χ0) is 18.7. The molecule has 2 aromatic carbocycles. The molecule has 1 unspecified atom stereocenters. The maximum Gasteiger partial charge on any atom is 0.330 e. The van der Waals surface area contributed by atoms with Crippen LogP contribution in [-0.2, 0) is 16.0 Å². The smallest absolute Gasteiger partial charge is 0.330 e. The third-order valence-corrected chi connectivity index (χ3v) is 4.10. The molecular weight excluding hydrogens is 334 g/mol. The molecule has 0 radical (unpaired) electrons. The number of ether oxygens (including phenoxy) is 2. The minimum atomic E-state index is -1.13. The van der Waals surface area contributed by atoms with Crippen molar-refractivity contribution in [3.05, 3.63) is 59.7 Å². The van der Waals surface area contributed by atoms with Crippen LogP contribution >= 0.6 is 0 Å². The molecule has 6 nitrogen and oxygen atoms in total. The molecule has 0 aromatic heterocycles. The number of carboxylic acid groups (broad SMARTS) is 1. The number of benzene rings is 2. The van der Waals surface area contributed by atoms with Gasteiger partial charge in [0.2, 0.25) is 0 Å². The van der Waals surface area contributed by atoms with Gasteiger partial charge in [0.1, 0.15) is 5.60 Å². The average molecular weight is 355 g/mol. The molecule has 0 fully saturated rings. The van der Waals surface area contributed by atoms with E-state index in [0.717, 1.165) is 12.0 Å². The van der Waals surface area contributed by atoms with Crippen molar-refractivity contribution in [1.29, 1.82) is 0 Å². The summed E-state index contributed by atoms with van der Waals surface area (Å²) < 4.78 is 11.5. The summed E-state index contributed by atoms with van der Waals surface area (Å²) in [7, 11) is 0. The van der Waals surface area contributed by atoms with Crippen molar-refractivity contribution < 1.29 is 24.2 Å². The van der Waals surface area contributed by atoms with E-state index in [-0.39, 0.29) is 12.2 Å². The van der Waals surface area contributed by atoms with Crippen LogP contribution in [0.15, 0.2) is 48.5 Å². The molecule has 2 N–H and O–H groups in total. The fraction of sp³-hybridized carbons (Fsp3) is 0.300. The molecule has 0 aliphatic carbocycles. The first-order valence-electron chi connectivity index (χ1n) is 8.36. The Morgan fingerprint density at radius 3 is 2.62 bits per heavy atom. The Balaban J connectivity index is 1.65. The van der Waals surface area contributed by atoms with Crippen molar-refractivity contribution in [2.45, 2.75) is 31.9 Å². The molecule has 0 spiro atoms. The lowest BCUT2D eigenvalue weighted by Crippen LogP contribution is -2.36. The van der Waals surface area contributed by atoms with E-state index in [1.165, 1.54) is 0 Å². The molecule has 1 aliphatic rings. The fourth-order valence-electron chi connectivity index (χ4n) is 2.98. The Morgan fingerprint density at radius 2 is 1.92 bits per heavy atom. The van der Waals surface area contributed by atoms with Gasteiger partial charge in [-0.3, -0.25) is 4.79 Å². The molecule has 1 atom stereocenters. The third kappa shape index (κ3) is 3.96. The van der Waals surface area contributed by atoms with Gasteiger partial charge < -0.3 is 19.9 Å². The Labute approximate surface area is 151 Å².